The highest BCUT2D eigenvalue weighted by Crippen LogP contribution is 2.31. The minimum atomic E-state index is 0.354. The van der Waals surface area contributed by atoms with Gasteiger partial charge >= 0.3 is 0 Å². The lowest BCUT2D eigenvalue weighted by molar-refractivity contribution is 0.456. The second-order valence-electron chi connectivity index (χ2n) is 6.85. The number of benzene rings is 2. The van der Waals surface area contributed by atoms with Crippen molar-refractivity contribution in [1.82, 2.24) is 14.5 Å². The van der Waals surface area contributed by atoms with Gasteiger partial charge in [-0.05, 0) is 24.5 Å². The number of aromatic nitrogens is 3. The fourth-order valence-corrected chi connectivity index (χ4v) is 3.71. The molecule has 0 fully saturated rings. The van der Waals surface area contributed by atoms with Gasteiger partial charge in [0.1, 0.15) is 5.52 Å². The number of anilines is 1. The molecule has 0 bridgehead atoms. The van der Waals surface area contributed by atoms with Crippen LogP contribution in [0.15, 0.2) is 60.9 Å². The fraction of sp³-hybridized carbons (Fsp3) is 0.273. The molecule has 2 N–H and O–H groups in total. The van der Waals surface area contributed by atoms with Gasteiger partial charge in [0.25, 0.3) is 0 Å². The Morgan fingerprint density at radius 3 is 2.62 bits per heavy atom. The van der Waals surface area contributed by atoms with E-state index < -0.39 is 0 Å². The number of nitrogen functional groups attached to an aromatic ring is 1. The van der Waals surface area contributed by atoms with Crippen molar-refractivity contribution in [3.8, 4) is 0 Å². The van der Waals surface area contributed by atoms with Crippen LogP contribution in [0.25, 0.3) is 21.9 Å². The summed E-state index contributed by atoms with van der Waals surface area (Å²) in [6.45, 7) is 2.24. The zero-order valence-electron chi connectivity index (χ0n) is 15.1. The van der Waals surface area contributed by atoms with Crippen molar-refractivity contribution in [2.45, 2.75) is 38.6 Å². The molecule has 2 aromatic carbocycles. The van der Waals surface area contributed by atoms with Gasteiger partial charge in [0, 0.05) is 11.4 Å². The number of nitrogens with two attached hydrogens (primary N) is 1. The zero-order chi connectivity index (χ0) is 17.9. The third kappa shape index (κ3) is 3.03. The van der Waals surface area contributed by atoms with Crippen molar-refractivity contribution in [3.05, 3.63) is 66.5 Å². The lowest BCUT2D eigenvalue weighted by Crippen LogP contribution is -2.12. The number of hydrogen-bond donors (Lipinski definition) is 1. The van der Waals surface area contributed by atoms with Gasteiger partial charge in [-0.15, -0.1) is 0 Å². The summed E-state index contributed by atoms with van der Waals surface area (Å²) >= 11 is 0. The van der Waals surface area contributed by atoms with Gasteiger partial charge < -0.3 is 10.3 Å². The van der Waals surface area contributed by atoms with E-state index in [1.54, 1.807) is 0 Å². The van der Waals surface area contributed by atoms with Crippen LogP contribution >= 0.6 is 0 Å². The predicted octanol–water partition coefficient (Wildman–Crippen LogP) is 5.14. The highest BCUT2D eigenvalue weighted by Gasteiger charge is 2.18. The Morgan fingerprint density at radius 1 is 1.04 bits per heavy atom. The predicted molar refractivity (Wildman–Crippen MR) is 108 cm³/mol. The maximum Gasteiger partial charge on any atom is 0.152 e. The highest BCUT2D eigenvalue weighted by molar-refractivity contribution is 6.06. The molecule has 0 radical (unpaired) electrons. The van der Waals surface area contributed by atoms with Crippen LogP contribution in [0.2, 0.25) is 0 Å². The Balaban J connectivity index is 1.86. The largest absolute Gasteiger partial charge is 0.382 e. The molecule has 2 heterocycles. The van der Waals surface area contributed by atoms with Gasteiger partial charge in [-0.1, -0.05) is 68.3 Å². The Labute approximate surface area is 153 Å². The minimum absolute atomic E-state index is 0.354. The molecule has 4 nitrogen and oxygen atoms in total. The standard InChI is InChI=1S/C22H24N4/c1-2-3-11-17(14-16-9-5-4-6-10-16)26-15-24-20-21(26)18-12-7-8-13-19(18)25-22(20)23/h4-10,12-13,15,17H,2-3,11,14H2,1H3,(H2,23,25)/t17-/m1/s1. The van der Waals surface area contributed by atoms with Crippen molar-refractivity contribution in [2.24, 2.45) is 0 Å². The first-order valence-electron chi connectivity index (χ1n) is 9.32. The average molecular weight is 344 g/mol. The van der Waals surface area contributed by atoms with Crippen molar-refractivity contribution in [3.63, 3.8) is 0 Å². The Kier molecular flexibility index (Phi) is 4.57. The number of hydrogen-bond acceptors (Lipinski definition) is 3. The second-order valence-corrected chi connectivity index (χ2v) is 6.85. The number of imidazole rings is 1. The van der Waals surface area contributed by atoms with E-state index in [1.165, 1.54) is 18.4 Å². The topological polar surface area (TPSA) is 56.7 Å². The smallest absolute Gasteiger partial charge is 0.152 e. The van der Waals surface area contributed by atoms with Crippen LogP contribution in [0.5, 0.6) is 0 Å². The van der Waals surface area contributed by atoms with Crippen LogP contribution in [-0.2, 0) is 6.42 Å². The quantitative estimate of drug-likeness (QED) is 0.527. The van der Waals surface area contributed by atoms with Crippen LogP contribution in [0.3, 0.4) is 0 Å². The van der Waals surface area contributed by atoms with E-state index in [-0.39, 0.29) is 0 Å². The maximum absolute atomic E-state index is 6.20. The third-order valence-electron chi connectivity index (χ3n) is 5.03. The Bertz CT molecular complexity index is 1020. The van der Waals surface area contributed by atoms with E-state index in [4.69, 9.17) is 5.73 Å². The summed E-state index contributed by atoms with van der Waals surface area (Å²) in [6.07, 6.45) is 6.42. The van der Waals surface area contributed by atoms with Gasteiger partial charge in [-0.3, -0.25) is 0 Å². The lowest BCUT2D eigenvalue weighted by Gasteiger charge is -2.20. The summed E-state index contributed by atoms with van der Waals surface area (Å²) in [5.74, 6) is 0.506. The lowest BCUT2D eigenvalue weighted by atomic mass is 10.0. The number of fused-ring (bicyclic) bond motifs is 3. The molecule has 26 heavy (non-hydrogen) atoms. The molecule has 0 saturated carbocycles. The van der Waals surface area contributed by atoms with Crippen LogP contribution in [0.1, 0.15) is 37.8 Å². The molecule has 0 spiro atoms. The molecule has 0 aliphatic rings. The third-order valence-corrected chi connectivity index (χ3v) is 5.03. The van der Waals surface area contributed by atoms with Crippen LogP contribution in [-0.4, -0.2) is 14.5 Å². The molecule has 132 valence electrons. The van der Waals surface area contributed by atoms with Gasteiger partial charge in [0.2, 0.25) is 0 Å². The minimum Gasteiger partial charge on any atom is -0.382 e. The van der Waals surface area contributed by atoms with Crippen molar-refractivity contribution < 1.29 is 0 Å². The van der Waals surface area contributed by atoms with Crippen molar-refractivity contribution in [2.75, 3.05) is 5.73 Å². The summed E-state index contributed by atoms with van der Waals surface area (Å²) in [5.41, 5.74) is 10.4. The first-order chi connectivity index (χ1) is 12.8. The molecular formula is C22H24N4. The number of pyridine rings is 1. The van der Waals surface area contributed by atoms with E-state index in [0.29, 0.717) is 11.9 Å². The molecule has 0 unspecified atom stereocenters. The molecular weight excluding hydrogens is 320 g/mol. The maximum atomic E-state index is 6.20. The first kappa shape index (κ1) is 16.6. The summed E-state index contributed by atoms with van der Waals surface area (Å²) < 4.78 is 2.32. The van der Waals surface area contributed by atoms with E-state index in [9.17, 15) is 0 Å². The molecule has 0 amide bonds. The summed E-state index contributed by atoms with van der Waals surface area (Å²) in [7, 11) is 0. The Hall–Kier alpha value is -2.88. The highest BCUT2D eigenvalue weighted by atomic mass is 15.1. The fourth-order valence-electron chi connectivity index (χ4n) is 3.71. The molecule has 2 aromatic heterocycles. The van der Waals surface area contributed by atoms with Gasteiger partial charge in [-0.25, -0.2) is 9.97 Å². The van der Waals surface area contributed by atoms with E-state index >= 15 is 0 Å². The molecule has 1 atom stereocenters. The average Bonchev–Trinajstić information content (AvgIpc) is 3.12. The molecule has 4 heteroatoms. The zero-order valence-corrected chi connectivity index (χ0v) is 15.1. The molecule has 0 aliphatic carbocycles. The summed E-state index contributed by atoms with van der Waals surface area (Å²) in [4.78, 5) is 9.14. The summed E-state index contributed by atoms with van der Waals surface area (Å²) in [5, 5.41) is 1.11. The van der Waals surface area contributed by atoms with Gasteiger partial charge in [0.15, 0.2) is 5.82 Å². The molecule has 0 aliphatic heterocycles. The van der Waals surface area contributed by atoms with Crippen LogP contribution in [0, 0.1) is 0 Å². The second kappa shape index (κ2) is 7.16. The number of para-hydroxylation sites is 1. The Morgan fingerprint density at radius 2 is 1.81 bits per heavy atom. The van der Waals surface area contributed by atoms with E-state index in [1.807, 2.05) is 18.5 Å². The number of rotatable bonds is 6. The first-order valence-corrected chi connectivity index (χ1v) is 9.32. The van der Waals surface area contributed by atoms with Crippen LogP contribution in [0.4, 0.5) is 5.82 Å². The van der Waals surface area contributed by atoms with E-state index in [0.717, 1.165) is 34.8 Å². The molecule has 0 saturated heterocycles. The monoisotopic (exact) mass is 344 g/mol. The van der Waals surface area contributed by atoms with Gasteiger partial charge in [0.05, 0.1) is 17.4 Å². The normalized spacial score (nSPS) is 12.7. The molecule has 4 aromatic rings. The number of nitrogens with zero attached hydrogens (tertiary/aromatic N) is 3. The molecule has 4 rings (SSSR count). The van der Waals surface area contributed by atoms with Crippen LogP contribution < -0.4 is 5.73 Å². The van der Waals surface area contributed by atoms with Crippen molar-refractivity contribution in [1.29, 1.82) is 0 Å². The SMILES string of the molecule is CCCC[C@H](Cc1ccccc1)n1cnc2c(N)nc3ccccc3c21. The van der Waals surface area contributed by atoms with E-state index in [2.05, 4.69) is 63.9 Å². The number of unbranched alkanes of at least 4 members (excludes halogenated alkanes) is 1. The van der Waals surface area contributed by atoms with Gasteiger partial charge in [-0.2, -0.15) is 0 Å². The summed E-state index contributed by atoms with van der Waals surface area (Å²) in [6, 6.07) is 19.2. The van der Waals surface area contributed by atoms with Crippen molar-refractivity contribution >= 4 is 27.8 Å².